The Labute approximate surface area is 87.8 Å². The van der Waals surface area contributed by atoms with E-state index in [1.165, 1.54) is 6.42 Å². The molecule has 0 aromatic carbocycles. The highest BCUT2D eigenvalue weighted by Gasteiger charge is 2.13. The SMILES string of the molecule is CC1CO1.CN(C)CCCNCCN. The molecule has 1 atom stereocenters. The fourth-order valence-electron chi connectivity index (χ4n) is 0.844. The Morgan fingerprint density at radius 2 is 2.00 bits per heavy atom. The van der Waals surface area contributed by atoms with Gasteiger partial charge < -0.3 is 20.7 Å². The molecule has 86 valence electrons. The Bertz CT molecular complexity index is 116. The molecule has 0 spiro atoms. The molecule has 1 aliphatic rings. The zero-order valence-electron chi connectivity index (χ0n) is 9.75. The van der Waals surface area contributed by atoms with Crippen molar-refractivity contribution in [1.29, 1.82) is 0 Å². The zero-order valence-corrected chi connectivity index (χ0v) is 9.75. The number of nitrogens with one attached hydrogen (secondary N) is 1. The average Bonchev–Trinajstić information content (AvgIpc) is 2.88. The topological polar surface area (TPSA) is 53.8 Å². The van der Waals surface area contributed by atoms with E-state index in [0.29, 0.717) is 6.10 Å². The molecule has 4 heteroatoms. The summed E-state index contributed by atoms with van der Waals surface area (Å²) in [5.74, 6) is 0. The molecule has 1 saturated heterocycles. The summed E-state index contributed by atoms with van der Waals surface area (Å²) in [4.78, 5) is 2.18. The Hall–Kier alpha value is -0.160. The minimum absolute atomic E-state index is 0.583. The maximum Gasteiger partial charge on any atom is 0.0781 e. The molecule has 0 aromatic heterocycles. The first-order valence-corrected chi connectivity index (χ1v) is 5.34. The summed E-state index contributed by atoms with van der Waals surface area (Å²) in [5.41, 5.74) is 5.30. The van der Waals surface area contributed by atoms with Crippen molar-refractivity contribution in [3.8, 4) is 0 Å². The molecule has 3 N–H and O–H groups in total. The van der Waals surface area contributed by atoms with E-state index >= 15 is 0 Å². The normalized spacial score (nSPS) is 19.1. The van der Waals surface area contributed by atoms with Crippen LogP contribution in [-0.2, 0) is 4.74 Å². The highest BCUT2D eigenvalue weighted by Crippen LogP contribution is 2.04. The molecule has 0 saturated carbocycles. The molecule has 0 aliphatic carbocycles. The summed E-state index contributed by atoms with van der Waals surface area (Å²) >= 11 is 0. The Morgan fingerprint density at radius 3 is 2.36 bits per heavy atom. The van der Waals surface area contributed by atoms with Crippen molar-refractivity contribution in [2.45, 2.75) is 19.4 Å². The van der Waals surface area contributed by atoms with Crippen LogP contribution >= 0.6 is 0 Å². The second-order valence-corrected chi connectivity index (χ2v) is 3.84. The second-order valence-electron chi connectivity index (χ2n) is 3.84. The number of epoxide rings is 1. The number of nitrogens with zero attached hydrogens (tertiary/aromatic N) is 1. The molecule has 0 bridgehead atoms. The van der Waals surface area contributed by atoms with Crippen molar-refractivity contribution in [2.24, 2.45) is 5.73 Å². The number of hydrogen-bond acceptors (Lipinski definition) is 4. The zero-order chi connectivity index (χ0) is 10.8. The molecule has 1 aliphatic heterocycles. The number of ether oxygens (including phenoxy) is 1. The summed E-state index contributed by atoms with van der Waals surface area (Å²) in [7, 11) is 4.17. The van der Waals surface area contributed by atoms with Gasteiger partial charge in [-0.1, -0.05) is 0 Å². The molecule has 1 fully saturated rings. The van der Waals surface area contributed by atoms with Gasteiger partial charge >= 0.3 is 0 Å². The first-order chi connectivity index (χ1) is 6.66. The smallest absolute Gasteiger partial charge is 0.0781 e. The number of hydrogen-bond donors (Lipinski definition) is 2. The van der Waals surface area contributed by atoms with Gasteiger partial charge in [0.05, 0.1) is 12.7 Å². The van der Waals surface area contributed by atoms with E-state index in [9.17, 15) is 0 Å². The fourth-order valence-corrected chi connectivity index (χ4v) is 0.844. The van der Waals surface area contributed by atoms with Gasteiger partial charge in [-0.05, 0) is 40.5 Å². The molecule has 14 heavy (non-hydrogen) atoms. The molecular weight excluding hydrogens is 178 g/mol. The Kier molecular flexibility index (Phi) is 9.29. The van der Waals surface area contributed by atoms with Gasteiger partial charge in [-0.2, -0.15) is 0 Å². The van der Waals surface area contributed by atoms with Crippen LogP contribution in [0.15, 0.2) is 0 Å². The van der Waals surface area contributed by atoms with Crippen molar-refractivity contribution < 1.29 is 4.74 Å². The van der Waals surface area contributed by atoms with Crippen LogP contribution in [0, 0.1) is 0 Å². The summed E-state index contributed by atoms with van der Waals surface area (Å²) in [6.07, 6.45) is 1.78. The van der Waals surface area contributed by atoms with Crippen molar-refractivity contribution in [3.05, 3.63) is 0 Å². The third-order valence-corrected chi connectivity index (χ3v) is 1.78. The van der Waals surface area contributed by atoms with E-state index in [0.717, 1.165) is 32.8 Å². The second kappa shape index (κ2) is 9.40. The molecule has 0 radical (unpaired) electrons. The van der Waals surface area contributed by atoms with Gasteiger partial charge in [0.1, 0.15) is 0 Å². The molecule has 0 aromatic rings. The lowest BCUT2D eigenvalue weighted by Gasteiger charge is -2.08. The monoisotopic (exact) mass is 203 g/mol. The van der Waals surface area contributed by atoms with Crippen LogP contribution in [0.2, 0.25) is 0 Å². The quantitative estimate of drug-likeness (QED) is 0.467. The molecule has 1 rings (SSSR count). The van der Waals surface area contributed by atoms with Gasteiger partial charge in [-0.25, -0.2) is 0 Å². The highest BCUT2D eigenvalue weighted by atomic mass is 16.6. The summed E-state index contributed by atoms with van der Waals surface area (Å²) < 4.78 is 4.71. The third-order valence-electron chi connectivity index (χ3n) is 1.78. The van der Waals surface area contributed by atoms with Crippen molar-refractivity contribution >= 4 is 0 Å². The molecule has 1 heterocycles. The van der Waals surface area contributed by atoms with Crippen LogP contribution < -0.4 is 11.1 Å². The maximum absolute atomic E-state index is 5.30. The third kappa shape index (κ3) is 14.4. The van der Waals surface area contributed by atoms with Crippen molar-refractivity contribution in [2.75, 3.05) is 46.9 Å². The van der Waals surface area contributed by atoms with Gasteiger partial charge in [0.15, 0.2) is 0 Å². The lowest BCUT2D eigenvalue weighted by molar-refractivity contribution is 0.395. The average molecular weight is 203 g/mol. The number of rotatable bonds is 6. The summed E-state index contributed by atoms with van der Waals surface area (Å²) in [6, 6.07) is 0. The number of nitrogens with two attached hydrogens (primary N) is 1. The minimum atomic E-state index is 0.583. The largest absolute Gasteiger partial charge is 0.373 e. The van der Waals surface area contributed by atoms with Gasteiger partial charge in [0, 0.05) is 13.1 Å². The molecular formula is C10H25N3O. The first kappa shape index (κ1) is 13.8. The summed E-state index contributed by atoms with van der Waals surface area (Å²) in [5, 5.41) is 3.24. The summed E-state index contributed by atoms with van der Waals surface area (Å²) in [6.45, 7) is 6.95. The van der Waals surface area contributed by atoms with E-state index in [-0.39, 0.29) is 0 Å². The van der Waals surface area contributed by atoms with Crippen LogP contribution in [0.25, 0.3) is 0 Å². The van der Waals surface area contributed by atoms with Crippen LogP contribution in [0.1, 0.15) is 13.3 Å². The van der Waals surface area contributed by atoms with E-state index in [2.05, 4.69) is 31.2 Å². The van der Waals surface area contributed by atoms with E-state index in [1.54, 1.807) is 0 Å². The van der Waals surface area contributed by atoms with E-state index < -0.39 is 0 Å². The minimum Gasteiger partial charge on any atom is -0.373 e. The van der Waals surface area contributed by atoms with Gasteiger partial charge in [-0.15, -0.1) is 0 Å². The van der Waals surface area contributed by atoms with Gasteiger partial charge in [0.25, 0.3) is 0 Å². The van der Waals surface area contributed by atoms with Crippen LogP contribution in [0.5, 0.6) is 0 Å². The van der Waals surface area contributed by atoms with Gasteiger partial charge in [-0.3, -0.25) is 0 Å². The standard InChI is InChI=1S/C7H19N3.C3H6O/c1-10(2)7-3-5-9-6-4-8;1-3-2-4-3/h9H,3-8H2,1-2H3;3H,2H2,1H3. The first-order valence-electron chi connectivity index (χ1n) is 5.34. The highest BCUT2D eigenvalue weighted by molar-refractivity contribution is 4.58. The Morgan fingerprint density at radius 1 is 1.43 bits per heavy atom. The Balaban J connectivity index is 0.000000344. The van der Waals surface area contributed by atoms with Crippen molar-refractivity contribution in [1.82, 2.24) is 10.2 Å². The van der Waals surface area contributed by atoms with Crippen LogP contribution in [0.3, 0.4) is 0 Å². The predicted molar refractivity (Wildman–Crippen MR) is 60.5 cm³/mol. The lowest BCUT2D eigenvalue weighted by Crippen LogP contribution is -2.25. The fraction of sp³-hybridized carbons (Fsp3) is 1.00. The lowest BCUT2D eigenvalue weighted by atomic mass is 10.4. The molecule has 0 amide bonds. The molecule has 4 nitrogen and oxygen atoms in total. The van der Waals surface area contributed by atoms with E-state index in [4.69, 9.17) is 10.5 Å². The van der Waals surface area contributed by atoms with Crippen LogP contribution in [-0.4, -0.2) is 57.9 Å². The maximum atomic E-state index is 5.30. The van der Waals surface area contributed by atoms with Crippen molar-refractivity contribution in [3.63, 3.8) is 0 Å². The van der Waals surface area contributed by atoms with Gasteiger partial charge in [0.2, 0.25) is 0 Å². The predicted octanol–water partition coefficient (Wildman–Crippen LogP) is -0.108. The van der Waals surface area contributed by atoms with Crippen LogP contribution in [0.4, 0.5) is 0 Å². The molecule has 1 unspecified atom stereocenters. The van der Waals surface area contributed by atoms with E-state index in [1.807, 2.05) is 0 Å².